The van der Waals surface area contributed by atoms with E-state index in [0.29, 0.717) is 24.3 Å². The Labute approximate surface area is 111 Å². The highest BCUT2D eigenvalue weighted by Crippen LogP contribution is 2.22. The number of nitrogens with one attached hydrogen (secondary N) is 1. The first kappa shape index (κ1) is 13.5. The van der Waals surface area contributed by atoms with Crippen LogP contribution in [0.5, 0.6) is 0 Å². The molecule has 2 aliphatic rings. The molecule has 1 atom stereocenters. The Bertz CT molecular complexity index is 493. The number of allylic oxidation sites excluding steroid dienone is 1. The SMILES string of the molecule is CC/C=C1/C(=O)N(C2CCC(=O)NC2=O)C/C1=N/C. The number of amides is 3. The summed E-state index contributed by atoms with van der Waals surface area (Å²) in [5.74, 6) is -0.837. The van der Waals surface area contributed by atoms with E-state index in [2.05, 4.69) is 10.3 Å². The summed E-state index contributed by atoms with van der Waals surface area (Å²) in [5, 5.41) is 2.28. The van der Waals surface area contributed by atoms with Crippen LogP contribution in [0, 0.1) is 0 Å². The van der Waals surface area contributed by atoms with Crippen molar-refractivity contribution in [2.45, 2.75) is 32.2 Å². The van der Waals surface area contributed by atoms with Crippen LogP contribution in [0.1, 0.15) is 26.2 Å². The third-order valence-corrected chi connectivity index (χ3v) is 3.39. The van der Waals surface area contributed by atoms with E-state index in [1.165, 1.54) is 4.90 Å². The molecule has 102 valence electrons. The van der Waals surface area contributed by atoms with Gasteiger partial charge in [0.25, 0.3) is 5.91 Å². The largest absolute Gasteiger partial charge is 0.321 e. The van der Waals surface area contributed by atoms with Crippen LogP contribution in [0.4, 0.5) is 0 Å². The summed E-state index contributed by atoms with van der Waals surface area (Å²) in [5.41, 5.74) is 1.28. The van der Waals surface area contributed by atoms with Crippen molar-refractivity contribution in [2.75, 3.05) is 13.6 Å². The van der Waals surface area contributed by atoms with Crippen molar-refractivity contribution in [1.82, 2.24) is 10.2 Å². The van der Waals surface area contributed by atoms with E-state index in [4.69, 9.17) is 0 Å². The minimum atomic E-state index is -0.565. The van der Waals surface area contributed by atoms with Crippen LogP contribution < -0.4 is 5.32 Å². The van der Waals surface area contributed by atoms with Gasteiger partial charge in [-0.3, -0.25) is 24.7 Å². The van der Waals surface area contributed by atoms with Gasteiger partial charge in [0.2, 0.25) is 11.8 Å². The average Bonchev–Trinajstić information content (AvgIpc) is 2.68. The van der Waals surface area contributed by atoms with Crippen molar-refractivity contribution in [2.24, 2.45) is 4.99 Å². The molecule has 0 bridgehead atoms. The highest BCUT2D eigenvalue weighted by Gasteiger charge is 2.40. The Hall–Kier alpha value is -1.98. The van der Waals surface area contributed by atoms with Crippen LogP contribution in [0.25, 0.3) is 0 Å². The van der Waals surface area contributed by atoms with Crippen molar-refractivity contribution in [3.63, 3.8) is 0 Å². The van der Waals surface area contributed by atoms with Crippen molar-refractivity contribution < 1.29 is 14.4 Å². The second-order valence-electron chi connectivity index (χ2n) is 4.60. The monoisotopic (exact) mass is 263 g/mol. The first-order valence-corrected chi connectivity index (χ1v) is 6.39. The molecule has 19 heavy (non-hydrogen) atoms. The van der Waals surface area contributed by atoms with Gasteiger partial charge in [-0.05, 0) is 12.8 Å². The Morgan fingerprint density at radius 1 is 1.42 bits per heavy atom. The molecule has 2 saturated heterocycles. The summed E-state index contributed by atoms with van der Waals surface area (Å²) < 4.78 is 0. The molecule has 0 radical (unpaired) electrons. The second-order valence-corrected chi connectivity index (χ2v) is 4.60. The summed E-state index contributed by atoms with van der Waals surface area (Å²) in [4.78, 5) is 40.9. The van der Waals surface area contributed by atoms with Gasteiger partial charge in [-0.25, -0.2) is 0 Å². The van der Waals surface area contributed by atoms with Crippen LogP contribution in [0.15, 0.2) is 16.6 Å². The van der Waals surface area contributed by atoms with E-state index in [0.717, 1.165) is 6.42 Å². The number of aliphatic imine (C=N–C) groups is 1. The van der Waals surface area contributed by atoms with Gasteiger partial charge in [-0.1, -0.05) is 13.0 Å². The number of imide groups is 1. The van der Waals surface area contributed by atoms with Crippen LogP contribution in [-0.2, 0) is 14.4 Å². The van der Waals surface area contributed by atoms with Crippen molar-refractivity contribution in [1.29, 1.82) is 0 Å². The number of likely N-dealkylation sites (tertiary alicyclic amines) is 1. The predicted molar refractivity (Wildman–Crippen MR) is 69.6 cm³/mol. The van der Waals surface area contributed by atoms with Gasteiger partial charge >= 0.3 is 0 Å². The maximum absolute atomic E-state index is 12.3. The molecule has 1 N–H and O–H groups in total. The number of hydrogen-bond donors (Lipinski definition) is 1. The molecule has 2 rings (SSSR count). The fourth-order valence-corrected chi connectivity index (χ4v) is 2.43. The molecule has 2 heterocycles. The molecule has 0 aromatic carbocycles. The first-order valence-electron chi connectivity index (χ1n) is 6.39. The summed E-state index contributed by atoms with van der Waals surface area (Å²) in [6, 6.07) is -0.565. The van der Waals surface area contributed by atoms with Crippen LogP contribution in [-0.4, -0.2) is 48.0 Å². The molecule has 6 heteroatoms. The molecule has 3 amide bonds. The molecule has 0 aromatic rings. The lowest BCUT2D eigenvalue weighted by molar-refractivity contribution is -0.142. The quantitative estimate of drug-likeness (QED) is 0.564. The van der Waals surface area contributed by atoms with E-state index in [9.17, 15) is 14.4 Å². The smallest absolute Gasteiger partial charge is 0.256 e. The van der Waals surface area contributed by atoms with E-state index in [1.54, 1.807) is 7.05 Å². The molecule has 2 aliphatic heterocycles. The maximum Gasteiger partial charge on any atom is 0.256 e. The molecule has 0 aromatic heterocycles. The fourth-order valence-electron chi connectivity index (χ4n) is 2.43. The third-order valence-electron chi connectivity index (χ3n) is 3.39. The summed E-state index contributed by atoms with van der Waals surface area (Å²) >= 11 is 0. The molecule has 6 nitrogen and oxygen atoms in total. The fraction of sp³-hybridized carbons (Fsp3) is 0.538. The molecular weight excluding hydrogens is 246 g/mol. The van der Waals surface area contributed by atoms with E-state index >= 15 is 0 Å². The maximum atomic E-state index is 12.3. The second kappa shape index (κ2) is 5.34. The number of hydrogen-bond acceptors (Lipinski definition) is 4. The van der Waals surface area contributed by atoms with Crippen molar-refractivity contribution in [3.8, 4) is 0 Å². The number of nitrogens with zero attached hydrogens (tertiary/aromatic N) is 2. The molecule has 1 unspecified atom stereocenters. The van der Waals surface area contributed by atoms with Gasteiger partial charge in [0.05, 0.1) is 17.8 Å². The van der Waals surface area contributed by atoms with Gasteiger partial charge in [-0.15, -0.1) is 0 Å². The lowest BCUT2D eigenvalue weighted by Crippen LogP contribution is -2.53. The Kier molecular flexibility index (Phi) is 3.78. The lowest BCUT2D eigenvalue weighted by atomic mass is 10.0. The minimum absolute atomic E-state index is 0.169. The Morgan fingerprint density at radius 2 is 2.16 bits per heavy atom. The molecular formula is C13H17N3O3. The van der Waals surface area contributed by atoms with Gasteiger partial charge in [0.1, 0.15) is 6.04 Å². The minimum Gasteiger partial charge on any atom is -0.321 e. The zero-order valence-corrected chi connectivity index (χ0v) is 11.1. The van der Waals surface area contributed by atoms with Gasteiger partial charge in [0, 0.05) is 13.5 Å². The number of carbonyl (C=O) groups excluding carboxylic acids is 3. The number of carbonyl (C=O) groups is 3. The van der Waals surface area contributed by atoms with Crippen LogP contribution >= 0.6 is 0 Å². The summed E-state index contributed by atoms with van der Waals surface area (Å²) in [6.07, 6.45) is 3.22. The summed E-state index contributed by atoms with van der Waals surface area (Å²) in [7, 11) is 1.64. The highest BCUT2D eigenvalue weighted by atomic mass is 16.2. The van der Waals surface area contributed by atoms with Gasteiger partial charge < -0.3 is 4.90 Å². The normalized spacial score (nSPS) is 28.4. The van der Waals surface area contributed by atoms with E-state index < -0.39 is 11.9 Å². The molecule has 0 aliphatic carbocycles. The number of piperidine rings is 1. The Balaban J connectivity index is 2.23. The average molecular weight is 263 g/mol. The first-order chi connectivity index (χ1) is 9.08. The summed E-state index contributed by atoms with van der Waals surface area (Å²) in [6.45, 7) is 2.29. The van der Waals surface area contributed by atoms with E-state index in [-0.39, 0.29) is 18.2 Å². The van der Waals surface area contributed by atoms with Crippen LogP contribution in [0.2, 0.25) is 0 Å². The molecule has 0 saturated carbocycles. The van der Waals surface area contributed by atoms with Crippen molar-refractivity contribution in [3.05, 3.63) is 11.6 Å². The van der Waals surface area contributed by atoms with E-state index in [1.807, 2.05) is 13.0 Å². The standard InChI is InChI=1S/C13H17N3O3/c1-3-4-8-9(14-2)7-16(13(8)19)10-5-6-11(17)15-12(10)18/h4,10H,3,5-7H2,1-2H3,(H,15,17,18)/b8-4+,14-9-. The van der Waals surface area contributed by atoms with Crippen molar-refractivity contribution >= 4 is 23.4 Å². The number of rotatable bonds is 2. The molecule has 2 fully saturated rings. The Morgan fingerprint density at radius 3 is 2.74 bits per heavy atom. The topological polar surface area (TPSA) is 78.8 Å². The van der Waals surface area contributed by atoms with Crippen LogP contribution in [0.3, 0.4) is 0 Å². The zero-order chi connectivity index (χ0) is 14.0. The van der Waals surface area contributed by atoms with Gasteiger partial charge in [-0.2, -0.15) is 0 Å². The zero-order valence-electron chi connectivity index (χ0n) is 11.1. The third kappa shape index (κ3) is 2.43. The lowest BCUT2D eigenvalue weighted by Gasteiger charge is -2.28. The highest BCUT2D eigenvalue weighted by molar-refractivity contribution is 6.28. The predicted octanol–water partition coefficient (Wildman–Crippen LogP) is 0.0410. The van der Waals surface area contributed by atoms with Gasteiger partial charge in [0.15, 0.2) is 0 Å². The molecule has 0 spiro atoms.